The zero-order valence-electron chi connectivity index (χ0n) is 16.9. The minimum atomic E-state index is -0.783. The SMILES string of the molecule is CC(CCC(=O)O)C1CC(=O)OC1C.CC(CCC(=O)O)CC1CCC(=O)O1. The molecule has 2 N–H and O–H groups in total. The molecule has 8 nitrogen and oxygen atoms in total. The zero-order chi connectivity index (χ0) is 21.3. The van der Waals surface area contributed by atoms with Crippen molar-refractivity contribution in [2.75, 3.05) is 0 Å². The highest BCUT2D eigenvalue weighted by Gasteiger charge is 2.35. The fourth-order valence-corrected chi connectivity index (χ4v) is 3.62. The number of aliphatic carboxylic acids is 2. The molecule has 0 bridgehead atoms. The molecule has 2 heterocycles. The quantitative estimate of drug-likeness (QED) is 0.565. The molecule has 28 heavy (non-hydrogen) atoms. The van der Waals surface area contributed by atoms with Gasteiger partial charge in [0.1, 0.15) is 12.2 Å². The maximum atomic E-state index is 11.0. The second kappa shape index (κ2) is 11.7. The van der Waals surface area contributed by atoms with Crippen LogP contribution in [0.4, 0.5) is 0 Å². The Balaban J connectivity index is 0.000000280. The number of carboxylic acids is 2. The number of carboxylic acid groups (broad SMARTS) is 2. The number of esters is 2. The third kappa shape index (κ3) is 9.19. The fourth-order valence-electron chi connectivity index (χ4n) is 3.62. The molecule has 5 unspecified atom stereocenters. The summed E-state index contributed by atoms with van der Waals surface area (Å²) in [6.45, 7) is 5.84. The monoisotopic (exact) mass is 400 g/mol. The van der Waals surface area contributed by atoms with Crippen molar-refractivity contribution in [3.8, 4) is 0 Å². The summed E-state index contributed by atoms with van der Waals surface area (Å²) >= 11 is 0. The first-order valence-electron chi connectivity index (χ1n) is 9.91. The van der Waals surface area contributed by atoms with Gasteiger partial charge in [-0.1, -0.05) is 13.8 Å². The first kappa shape index (κ1) is 23.9. The summed E-state index contributed by atoms with van der Waals surface area (Å²) in [5.74, 6) is -1.11. The van der Waals surface area contributed by atoms with Crippen molar-refractivity contribution in [3.05, 3.63) is 0 Å². The zero-order valence-corrected chi connectivity index (χ0v) is 16.9. The molecule has 0 amide bonds. The van der Waals surface area contributed by atoms with Gasteiger partial charge in [-0.3, -0.25) is 19.2 Å². The van der Waals surface area contributed by atoms with E-state index in [1.165, 1.54) is 0 Å². The van der Waals surface area contributed by atoms with Crippen molar-refractivity contribution in [2.45, 2.75) is 84.3 Å². The molecule has 2 saturated heterocycles. The van der Waals surface area contributed by atoms with Crippen molar-refractivity contribution in [1.82, 2.24) is 0 Å². The number of hydrogen-bond acceptors (Lipinski definition) is 6. The Kier molecular flexibility index (Phi) is 9.96. The van der Waals surface area contributed by atoms with Gasteiger partial charge in [0.25, 0.3) is 0 Å². The molecule has 5 atom stereocenters. The van der Waals surface area contributed by atoms with Crippen LogP contribution in [0.25, 0.3) is 0 Å². The summed E-state index contributed by atoms with van der Waals surface area (Å²) in [6, 6.07) is 0. The normalized spacial score (nSPS) is 25.9. The number of ether oxygens (including phenoxy) is 2. The molecular formula is C20H32O8. The lowest BCUT2D eigenvalue weighted by Crippen LogP contribution is -2.20. The lowest BCUT2D eigenvalue weighted by molar-refractivity contribution is -0.142. The number of rotatable bonds is 9. The topological polar surface area (TPSA) is 127 Å². The van der Waals surface area contributed by atoms with Crippen molar-refractivity contribution in [3.63, 3.8) is 0 Å². The van der Waals surface area contributed by atoms with E-state index in [9.17, 15) is 19.2 Å². The Morgan fingerprint density at radius 3 is 2.11 bits per heavy atom. The van der Waals surface area contributed by atoms with E-state index in [0.29, 0.717) is 31.6 Å². The molecule has 0 aromatic carbocycles. The molecule has 0 spiro atoms. The average Bonchev–Trinajstić information content (AvgIpc) is 3.15. The van der Waals surface area contributed by atoms with E-state index in [4.69, 9.17) is 19.7 Å². The third-order valence-corrected chi connectivity index (χ3v) is 5.35. The van der Waals surface area contributed by atoms with Crippen LogP contribution in [-0.4, -0.2) is 46.3 Å². The number of cyclic esters (lactones) is 2. The van der Waals surface area contributed by atoms with E-state index in [0.717, 1.165) is 12.8 Å². The van der Waals surface area contributed by atoms with Crippen molar-refractivity contribution >= 4 is 23.9 Å². The first-order chi connectivity index (χ1) is 13.1. The van der Waals surface area contributed by atoms with E-state index in [2.05, 4.69) is 0 Å². The maximum Gasteiger partial charge on any atom is 0.306 e. The van der Waals surface area contributed by atoms with Gasteiger partial charge in [-0.05, 0) is 44.4 Å². The van der Waals surface area contributed by atoms with Gasteiger partial charge in [-0.2, -0.15) is 0 Å². The van der Waals surface area contributed by atoms with Gasteiger partial charge in [0.15, 0.2) is 0 Å². The molecule has 2 aliphatic rings. The Morgan fingerprint density at radius 1 is 1.04 bits per heavy atom. The van der Waals surface area contributed by atoms with Crippen molar-refractivity contribution in [2.24, 2.45) is 17.8 Å². The second-order valence-electron chi connectivity index (χ2n) is 7.90. The summed E-state index contributed by atoms with van der Waals surface area (Å²) in [4.78, 5) is 42.4. The molecule has 0 aromatic heterocycles. The molecule has 160 valence electrons. The van der Waals surface area contributed by atoms with Crippen molar-refractivity contribution < 1.29 is 38.9 Å². The van der Waals surface area contributed by atoms with Crippen LogP contribution >= 0.6 is 0 Å². The van der Waals surface area contributed by atoms with Crippen LogP contribution in [-0.2, 0) is 28.7 Å². The van der Waals surface area contributed by atoms with Gasteiger partial charge in [0.2, 0.25) is 0 Å². The predicted octanol–water partition coefficient (Wildman–Crippen LogP) is 3.02. The molecule has 2 rings (SSSR count). The minimum absolute atomic E-state index is 0.0197. The van der Waals surface area contributed by atoms with E-state index in [-0.39, 0.29) is 48.8 Å². The summed E-state index contributed by atoms with van der Waals surface area (Å²) in [6.07, 6.45) is 4.11. The number of hydrogen-bond donors (Lipinski definition) is 2. The molecule has 0 radical (unpaired) electrons. The largest absolute Gasteiger partial charge is 0.481 e. The number of carbonyl (C=O) groups is 4. The molecule has 0 saturated carbocycles. The van der Waals surface area contributed by atoms with Crippen LogP contribution in [0.3, 0.4) is 0 Å². The predicted molar refractivity (Wildman–Crippen MR) is 99.5 cm³/mol. The Hall–Kier alpha value is -2.12. The average molecular weight is 400 g/mol. The molecule has 0 aromatic rings. The molecule has 0 aliphatic carbocycles. The summed E-state index contributed by atoms with van der Waals surface area (Å²) in [5, 5.41) is 17.0. The highest BCUT2D eigenvalue weighted by atomic mass is 16.6. The van der Waals surface area contributed by atoms with Crippen LogP contribution < -0.4 is 0 Å². The Labute approximate surface area is 165 Å². The van der Waals surface area contributed by atoms with E-state index >= 15 is 0 Å². The number of carbonyl (C=O) groups excluding carboxylic acids is 2. The van der Waals surface area contributed by atoms with Crippen LogP contribution in [0.1, 0.15) is 72.1 Å². The van der Waals surface area contributed by atoms with Crippen LogP contribution in [0.15, 0.2) is 0 Å². The van der Waals surface area contributed by atoms with E-state index in [1.54, 1.807) is 0 Å². The van der Waals surface area contributed by atoms with Gasteiger partial charge in [0.05, 0.1) is 6.42 Å². The maximum absolute atomic E-state index is 11.0. The van der Waals surface area contributed by atoms with E-state index < -0.39 is 11.9 Å². The minimum Gasteiger partial charge on any atom is -0.481 e. The third-order valence-electron chi connectivity index (χ3n) is 5.35. The van der Waals surface area contributed by atoms with Crippen molar-refractivity contribution in [1.29, 1.82) is 0 Å². The highest BCUT2D eigenvalue weighted by molar-refractivity contribution is 5.72. The lowest BCUT2D eigenvalue weighted by atomic mass is 9.85. The summed E-state index contributed by atoms with van der Waals surface area (Å²) < 4.78 is 10.1. The molecular weight excluding hydrogens is 368 g/mol. The van der Waals surface area contributed by atoms with Gasteiger partial charge < -0.3 is 19.7 Å². The van der Waals surface area contributed by atoms with Gasteiger partial charge in [0, 0.05) is 25.2 Å². The lowest BCUT2D eigenvalue weighted by Gasteiger charge is -2.19. The van der Waals surface area contributed by atoms with Gasteiger partial charge in [-0.25, -0.2) is 0 Å². The first-order valence-corrected chi connectivity index (χ1v) is 9.91. The standard InChI is InChI=1S/2C10H16O4/c1-6(3-4-9(11)12)8-5-10(13)14-7(8)2;1-7(2-4-9(11)12)6-8-3-5-10(13)14-8/h6-8H,3-5H2,1-2H3,(H,11,12);7-8H,2-6H2,1H3,(H,11,12). The summed E-state index contributed by atoms with van der Waals surface area (Å²) in [7, 11) is 0. The highest BCUT2D eigenvalue weighted by Crippen LogP contribution is 2.31. The van der Waals surface area contributed by atoms with Crippen LogP contribution in [0, 0.1) is 17.8 Å². The Bertz CT molecular complexity index is 558. The molecule has 2 aliphatic heterocycles. The smallest absolute Gasteiger partial charge is 0.306 e. The van der Waals surface area contributed by atoms with Gasteiger partial charge >= 0.3 is 23.9 Å². The van der Waals surface area contributed by atoms with Crippen LogP contribution in [0.2, 0.25) is 0 Å². The van der Waals surface area contributed by atoms with Gasteiger partial charge in [-0.15, -0.1) is 0 Å². The van der Waals surface area contributed by atoms with E-state index in [1.807, 2.05) is 20.8 Å². The second-order valence-corrected chi connectivity index (χ2v) is 7.90. The summed E-state index contributed by atoms with van der Waals surface area (Å²) in [5.41, 5.74) is 0. The molecule has 8 heteroatoms. The molecule has 2 fully saturated rings. The fraction of sp³-hybridized carbons (Fsp3) is 0.800. The van der Waals surface area contributed by atoms with Crippen LogP contribution in [0.5, 0.6) is 0 Å². The Morgan fingerprint density at radius 2 is 1.64 bits per heavy atom.